The van der Waals surface area contributed by atoms with Crippen LogP contribution in [0.25, 0.3) is 10.9 Å². The average molecular weight is 786 g/mol. The maximum Gasteiger partial charge on any atom is 0.416 e. The molecule has 0 radical (unpaired) electrons. The molecule has 1 saturated heterocycles. The monoisotopic (exact) mass is 785 g/mol. The van der Waals surface area contributed by atoms with E-state index in [1.807, 2.05) is 34.7 Å². The zero-order chi connectivity index (χ0) is 41.4. The Balaban J connectivity index is 0.000000701. The summed E-state index contributed by atoms with van der Waals surface area (Å²) in [6.45, 7) is 8.19. The Morgan fingerprint density at radius 3 is 2.04 bits per heavy atom. The first-order valence-corrected chi connectivity index (χ1v) is 17.9. The number of benzene rings is 3. The van der Waals surface area contributed by atoms with Gasteiger partial charge in [-0.1, -0.05) is 38.1 Å². The Hall–Kier alpha value is -6.48. The number of hydrogen-bond acceptors (Lipinski definition) is 7. The van der Waals surface area contributed by atoms with Crippen LogP contribution in [0.1, 0.15) is 57.3 Å². The fraction of sp³-hybridized carbons (Fsp3) is 0.262. The van der Waals surface area contributed by atoms with E-state index in [0.29, 0.717) is 54.2 Å². The molecular formula is C42H42F3N5O7. The van der Waals surface area contributed by atoms with Crippen LogP contribution in [-0.2, 0) is 29.4 Å². The Morgan fingerprint density at radius 2 is 1.49 bits per heavy atom. The number of amides is 2. The van der Waals surface area contributed by atoms with E-state index >= 15 is 0 Å². The van der Waals surface area contributed by atoms with Crippen LogP contribution in [0.2, 0.25) is 0 Å². The Labute approximate surface area is 327 Å². The number of hydrogen-bond donors (Lipinski definition) is 2. The molecule has 3 aromatic carbocycles. The van der Waals surface area contributed by atoms with Gasteiger partial charge in [0.25, 0.3) is 11.8 Å². The van der Waals surface area contributed by atoms with Crippen LogP contribution in [0.3, 0.4) is 0 Å². The molecule has 12 nitrogen and oxygen atoms in total. The fourth-order valence-electron chi connectivity index (χ4n) is 6.14. The van der Waals surface area contributed by atoms with E-state index < -0.39 is 29.6 Å². The summed E-state index contributed by atoms with van der Waals surface area (Å²) in [6.07, 6.45) is -1.91. The number of pyridine rings is 1. The summed E-state index contributed by atoms with van der Waals surface area (Å²) in [7, 11) is 3.41. The zero-order valence-corrected chi connectivity index (χ0v) is 31.7. The van der Waals surface area contributed by atoms with Gasteiger partial charge >= 0.3 is 18.1 Å². The largest absolute Gasteiger partial charge is 0.478 e. The molecule has 3 heterocycles. The van der Waals surface area contributed by atoms with Gasteiger partial charge in [0, 0.05) is 81.5 Å². The number of carbonyl (C=O) groups is 4. The van der Waals surface area contributed by atoms with Crippen molar-refractivity contribution in [3.05, 3.63) is 131 Å². The van der Waals surface area contributed by atoms with Gasteiger partial charge in [-0.3, -0.25) is 14.5 Å². The number of aliphatic carboxylic acids is 2. The first-order valence-electron chi connectivity index (χ1n) is 17.9. The van der Waals surface area contributed by atoms with Crippen LogP contribution in [0.5, 0.6) is 11.6 Å². The number of aryl methyl sites for hydroxylation is 1. The summed E-state index contributed by atoms with van der Waals surface area (Å²) in [6, 6.07) is 23.5. The fourth-order valence-corrected chi connectivity index (χ4v) is 6.14. The molecule has 0 spiro atoms. The molecule has 0 saturated carbocycles. The number of fused-ring (bicyclic) bond motifs is 1. The van der Waals surface area contributed by atoms with Crippen molar-refractivity contribution in [2.45, 2.75) is 32.5 Å². The number of carbonyl (C=O) groups excluding carboxylic acids is 2. The summed E-state index contributed by atoms with van der Waals surface area (Å²) >= 11 is 0. The first-order chi connectivity index (χ1) is 27.0. The van der Waals surface area contributed by atoms with E-state index in [4.69, 9.17) is 14.9 Å². The number of alkyl halides is 3. The molecule has 2 N–H and O–H groups in total. The summed E-state index contributed by atoms with van der Waals surface area (Å²) in [5, 5.41) is 16.5. The third-order valence-electron chi connectivity index (χ3n) is 9.41. The van der Waals surface area contributed by atoms with E-state index in [2.05, 4.69) is 48.0 Å². The molecule has 2 amide bonds. The predicted octanol–water partition coefficient (Wildman–Crippen LogP) is 7.45. The molecule has 1 fully saturated rings. The minimum atomic E-state index is -4.48. The molecule has 57 heavy (non-hydrogen) atoms. The van der Waals surface area contributed by atoms with Gasteiger partial charge in [-0.25, -0.2) is 14.6 Å². The number of halogens is 3. The number of aromatic nitrogens is 2. The smallest absolute Gasteiger partial charge is 0.416 e. The molecule has 5 aromatic rings. The van der Waals surface area contributed by atoms with Crippen molar-refractivity contribution < 1.29 is 47.3 Å². The number of piperazine rings is 1. The topological polar surface area (TPSA) is 146 Å². The van der Waals surface area contributed by atoms with Gasteiger partial charge in [0.2, 0.25) is 5.88 Å². The van der Waals surface area contributed by atoms with Crippen molar-refractivity contribution in [3.63, 3.8) is 0 Å². The summed E-state index contributed by atoms with van der Waals surface area (Å²) in [5.74, 6) is -1.67. The zero-order valence-electron chi connectivity index (χ0n) is 31.7. The molecule has 0 atom stereocenters. The maximum absolute atomic E-state index is 13.6. The number of nitrogens with zero attached hydrogens (tertiary/aromatic N) is 5. The van der Waals surface area contributed by atoms with Gasteiger partial charge in [0.1, 0.15) is 11.4 Å². The minimum Gasteiger partial charge on any atom is -0.478 e. The van der Waals surface area contributed by atoms with Crippen molar-refractivity contribution in [2.75, 3.05) is 38.1 Å². The second-order valence-corrected chi connectivity index (χ2v) is 13.7. The highest BCUT2D eigenvalue weighted by Crippen LogP contribution is 2.31. The van der Waals surface area contributed by atoms with Gasteiger partial charge < -0.3 is 29.3 Å². The number of rotatable bonds is 10. The van der Waals surface area contributed by atoms with Gasteiger partial charge in [-0.2, -0.15) is 13.2 Å². The van der Waals surface area contributed by atoms with Crippen LogP contribution < -0.4 is 9.64 Å². The highest BCUT2D eigenvalue weighted by molar-refractivity contribution is 6.05. The maximum atomic E-state index is 13.6. The van der Waals surface area contributed by atoms with Gasteiger partial charge in [-0.15, -0.1) is 0 Å². The van der Waals surface area contributed by atoms with Crippen LogP contribution in [-0.4, -0.2) is 86.5 Å². The Kier molecular flexibility index (Phi) is 13.1. The van der Waals surface area contributed by atoms with Gasteiger partial charge in [0.05, 0.1) is 17.4 Å². The van der Waals surface area contributed by atoms with E-state index in [9.17, 15) is 32.3 Å². The first kappa shape index (κ1) is 41.7. The summed E-state index contributed by atoms with van der Waals surface area (Å²) in [4.78, 5) is 55.5. The molecule has 0 bridgehead atoms. The molecule has 1 aliphatic rings. The SMILES string of the molecule is CC(C)c1ccc(CN2CCN(C(=O)c3cc4cc(Oc5ccc(N(C)C(=O)c6ccc(C(F)(F)F)cc6)cn5)ccc4n3C)CC2)cc1.O=C(O)/C=C\C(=O)O. The van der Waals surface area contributed by atoms with E-state index in [1.54, 1.807) is 18.2 Å². The Bertz CT molecular complexity index is 2230. The van der Waals surface area contributed by atoms with E-state index in [1.165, 1.54) is 29.3 Å². The average Bonchev–Trinajstić information content (AvgIpc) is 3.52. The predicted molar refractivity (Wildman–Crippen MR) is 208 cm³/mol. The molecule has 15 heteroatoms. The van der Waals surface area contributed by atoms with Crippen molar-refractivity contribution in [3.8, 4) is 11.6 Å². The second kappa shape index (κ2) is 18.0. The van der Waals surface area contributed by atoms with Crippen LogP contribution in [0.4, 0.5) is 18.9 Å². The lowest BCUT2D eigenvalue weighted by Gasteiger charge is -2.34. The molecule has 0 aliphatic carbocycles. The normalized spacial score (nSPS) is 13.4. The molecule has 6 rings (SSSR count). The highest BCUT2D eigenvalue weighted by Gasteiger charge is 2.30. The second-order valence-electron chi connectivity index (χ2n) is 13.7. The van der Waals surface area contributed by atoms with E-state index in [-0.39, 0.29) is 11.5 Å². The highest BCUT2D eigenvalue weighted by atomic mass is 19.4. The molecular weight excluding hydrogens is 743 g/mol. The van der Waals surface area contributed by atoms with Crippen LogP contribution >= 0.6 is 0 Å². The number of carboxylic acids is 2. The lowest BCUT2D eigenvalue weighted by molar-refractivity contribution is -0.137. The quantitative estimate of drug-likeness (QED) is 0.138. The van der Waals surface area contributed by atoms with Crippen molar-refractivity contribution in [1.82, 2.24) is 19.4 Å². The number of anilines is 1. The molecule has 2 aromatic heterocycles. The lowest BCUT2D eigenvalue weighted by atomic mass is 10.0. The minimum absolute atomic E-state index is 0.00526. The summed E-state index contributed by atoms with van der Waals surface area (Å²) in [5.41, 5.74) is 3.86. The van der Waals surface area contributed by atoms with E-state index in [0.717, 1.165) is 54.8 Å². The standard InChI is InChI=1S/C38H38F3N5O3.C4H4O4/c1-25(2)27-7-5-26(6-8-27)24-45-17-19-46(20-18-45)37(48)34-22-29-21-32(14-15-33(29)44(34)4)49-35-16-13-31(23-42-35)43(3)36(47)28-9-11-30(12-10-28)38(39,40)41;5-3(6)1-2-4(7)8/h5-16,21-23,25H,17-20,24H2,1-4H3;1-2H,(H,5,6)(H,7,8)/b;2-1-. The van der Waals surface area contributed by atoms with Gasteiger partial charge in [-0.05, 0) is 71.6 Å². The Morgan fingerprint density at radius 1 is 0.860 bits per heavy atom. The molecule has 0 unspecified atom stereocenters. The molecule has 298 valence electrons. The third-order valence-corrected chi connectivity index (χ3v) is 9.41. The number of ether oxygens (including phenoxy) is 1. The van der Waals surface area contributed by atoms with Crippen LogP contribution in [0.15, 0.2) is 103 Å². The van der Waals surface area contributed by atoms with Gasteiger partial charge in [0.15, 0.2) is 0 Å². The van der Waals surface area contributed by atoms with Crippen molar-refractivity contribution in [1.29, 1.82) is 0 Å². The lowest BCUT2D eigenvalue weighted by Crippen LogP contribution is -2.48. The number of carboxylic acid groups (broad SMARTS) is 2. The van der Waals surface area contributed by atoms with Crippen LogP contribution in [0, 0.1) is 0 Å². The van der Waals surface area contributed by atoms with Crippen molar-refractivity contribution >= 4 is 40.3 Å². The third kappa shape index (κ3) is 10.9. The molecule has 1 aliphatic heterocycles. The van der Waals surface area contributed by atoms with Crippen molar-refractivity contribution in [2.24, 2.45) is 7.05 Å². The summed E-state index contributed by atoms with van der Waals surface area (Å²) < 4.78 is 46.6.